The summed E-state index contributed by atoms with van der Waals surface area (Å²) in [4.78, 5) is 28.9. The van der Waals surface area contributed by atoms with E-state index in [4.69, 9.17) is 16.3 Å². The standard InChI is InChI=1S/C23H31ClN6O.C4H8O.C2H6/c1-14(2)12-19(17-6-8-18(24)9-7-17)29-10-11-30(15(3)13-29)22-20-21(26-23(31)27-22)28(5)16(4)25-20;1-2-4-5-3-1;1-2/h6-9,14-15,19H,10-13H2,1-5H3,(H,26,27,31);1-4H2;1-2H3. The highest BCUT2D eigenvalue weighted by Gasteiger charge is 2.32. The smallest absolute Gasteiger partial charge is 0.348 e. The third kappa shape index (κ3) is 7.36. The van der Waals surface area contributed by atoms with Crippen LogP contribution in [0.4, 0.5) is 5.82 Å². The summed E-state index contributed by atoms with van der Waals surface area (Å²) < 4.78 is 6.85. The Kier molecular flexibility index (Phi) is 11.2. The number of piperazine rings is 1. The minimum absolute atomic E-state index is 0.204. The normalized spacial score (nSPS) is 18.7. The van der Waals surface area contributed by atoms with Gasteiger partial charge in [0.15, 0.2) is 5.82 Å². The zero-order valence-corrected chi connectivity index (χ0v) is 24.9. The second kappa shape index (κ2) is 14.1. The number of nitrogens with one attached hydrogen (secondary N) is 1. The number of aromatic nitrogens is 4. The first kappa shape index (κ1) is 30.1. The lowest BCUT2D eigenvalue weighted by atomic mass is 9.94. The fraction of sp³-hybridized carbons (Fsp3) is 0.621. The van der Waals surface area contributed by atoms with Crippen molar-refractivity contribution in [3.63, 3.8) is 0 Å². The van der Waals surface area contributed by atoms with E-state index in [1.54, 1.807) is 0 Å². The van der Waals surface area contributed by atoms with Gasteiger partial charge < -0.3 is 14.2 Å². The van der Waals surface area contributed by atoms with E-state index in [2.05, 4.69) is 57.7 Å². The third-order valence-electron chi connectivity index (χ3n) is 7.11. The van der Waals surface area contributed by atoms with Gasteiger partial charge in [0.25, 0.3) is 0 Å². The van der Waals surface area contributed by atoms with Crippen LogP contribution in [0.3, 0.4) is 0 Å². The van der Waals surface area contributed by atoms with E-state index in [1.807, 2.05) is 44.5 Å². The van der Waals surface area contributed by atoms with Gasteiger partial charge in [0.2, 0.25) is 0 Å². The Morgan fingerprint density at radius 2 is 1.76 bits per heavy atom. The molecule has 2 atom stereocenters. The summed E-state index contributed by atoms with van der Waals surface area (Å²) in [5.41, 5.74) is 2.45. The third-order valence-corrected chi connectivity index (χ3v) is 7.36. The lowest BCUT2D eigenvalue weighted by Crippen LogP contribution is -2.53. The molecule has 2 aromatic heterocycles. The molecule has 38 heavy (non-hydrogen) atoms. The van der Waals surface area contributed by atoms with Crippen molar-refractivity contribution in [2.75, 3.05) is 37.7 Å². The van der Waals surface area contributed by atoms with Gasteiger partial charge in [0, 0.05) is 57.0 Å². The lowest BCUT2D eigenvalue weighted by Gasteiger charge is -2.44. The number of anilines is 1. The fourth-order valence-corrected chi connectivity index (χ4v) is 5.24. The minimum Gasteiger partial charge on any atom is -0.381 e. The number of rotatable bonds is 5. The monoisotopic (exact) mass is 544 g/mol. The lowest BCUT2D eigenvalue weighted by molar-refractivity contribution is 0.146. The molecule has 9 heteroatoms. The van der Waals surface area contributed by atoms with Gasteiger partial charge in [-0.3, -0.25) is 9.88 Å². The first-order chi connectivity index (χ1) is 18.2. The summed E-state index contributed by atoms with van der Waals surface area (Å²) in [6.07, 6.45) is 3.64. The van der Waals surface area contributed by atoms with Crippen LogP contribution in [-0.4, -0.2) is 63.3 Å². The highest BCUT2D eigenvalue weighted by Crippen LogP contribution is 2.32. The predicted octanol–water partition coefficient (Wildman–Crippen LogP) is 5.74. The molecule has 2 aliphatic rings. The van der Waals surface area contributed by atoms with E-state index < -0.39 is 0 Å². The zero-order valence-electron chi connectivity index (χ0n) is 24.1. The van der Waals surface area contributed by atoms with Crippen molar-refractivity contribution in [3.05, 3.63) is 51.2 Å². The second-order valence-electron chi connectivity index (χ2n) is 10.3. The number of halogens is 1. The molecule has 2 saturated heterocycles. The van der Waals surface area contributed by atoms with Crippen LogP contribution in [-0.2, 0) is 11.8 Å². The van der Waals surface area contributed by atoms with Gasteiger partial charge in [-0.1, -0.05) is 51.4 Å². The number of nitrogens with zero attached hydrogens (tertiary/aromatic N) is 5. The summed E-state index contributed by atoms with van der Waals surface area (Å²) in [6.45, 7) is 17.3. The van der Waals surface area contributed by atoms with Gasteiger partial charge in [-0.05, 0) is 56.7 Å². The Morgan fingerprint density at radius 1 is 1.11 bits per heavy atom. The first-order valence-corrected chi connectivity index (χ1v) is 14.4. The molecule has 2 aliphatic heterocycles. The summed E-state index contributed by atoms with van der Waals surface area (Å²) in [6, 6.07) is 8.78. The van der Waals surface area contributed by atoms with Crippen LogP contribution in [0.5, 0.6) is 0 Å². The molecule has 0 saturated carbocycles. The number of H-pyrrole nitrogens is 1. The Balaban J connectivity index is 0.000000504. The van der Waals surface area contributed by atoms with Crippen LogP contribution < -0.4 is 10.6 Å². The number of ether oxygens (including phenoxy) is 1. The number of aromatic amines is 1. The SMILES string of the molecule is C1CCOC1.CC.Cc1nc2c(N3CCN(C(CC(C)C)c4ccc(Cl)cc4)CC3C)nc(=O)[nH]c2n1C. The maximum Gasteiger partial charge on any atom is 0.348 e. The van der Waals surface area contributed by atoms with Crippen molar-refractivity contribution in [2.24, 2.45) is 13.0 Å². The number of aryl methyl sites for hydroxylation is 2. The van der Waals surface area contributed by atoms with Crippen LogP contribution in [0.25, 0.3) is 11.2 Å². The van der Waals surface area contributed by atoms with Gasteiger partial charge in [-0.2, -0.15) is 4.98 Å². The van der Waals surface area contributed by atoms with Crippen molar-refractivity contribution in [3.8, 4) is 0 Å². The van der Waals surface area contributed by atoms with Crippen molar-refractivity contribution >= 4 is 28.6 Å². The van der Waals surface area contributed by atoms with Crippen LogP contribution in [0.1, 0.15) is 71.3 Å². The zero-order chi connectivity index (χ0) is 27.8. The number of imidazole rings is 1. The predicted molar refractivity (Wildman–Crippen MR) is 157 cm³/mol. The summed E-state index contributed by atoms with van der Waals surface area (Å²) in [7, 11) is 1.91. The molecule has 0 spiro atoms. The Morgan fingerprint density at radius 3 is 2.32 bits per heavy atom. The largest absolute Gasteiger partial charge is 0.381 e. The maximum absolute atomic E-state index is 12.3. The molecule has 0 bridgehead atoms. The second-order valence-corrected chi connectivity index (χ2v) is 10.8. The molecular formula is C29H45ClN6O2. The molecule has 8 nitrogen and oxygen atoms in total. The van der Waals surface area contributed by atoms with Crippen LogP contribution in [0, 0.1) is 12.8 Å². The highest BCUT2D eigenvalue weighted by atomic mass is 35.5. The minimum atomic E-state index is -0.334. The Labute approximate surface area is 232 Å². The maximum atomic E-state index is 12.3. The van der Waals surface area contributed by atoms with E-state index >= 15 is 0 Å². The molecule has 5 rings (SSSR count). The number of hydrogen-bond donors (Lipinski definition) is 1. The van der Waals surface area contributed by atoms with Crippen molar-refractivity contribution < 1.29 is 4.74 Å². The fourth-order valence-electron chi connectivity index (χ4n) is 5.11. The van der Waals surface area contributed by atoms with E-state index in [1.165, 1.54) is 18.4 Å². The Bertz CT molecular complexity index is 1190. The number of hydrogen-bond acceptors (Lipinski definition) is 6. The van der Waals surface area contributed by atoms with Crippen LogP contribution in [0.15, 0.2) is 29.1 Å². The van der Waals surface area contributed by atoms with Crippen molar-refractivity contribution in [2.45, 2.75) is 72.9 Å². The van der Waals surface area contributed by atoms with E-state index in [0.29, 0.717) is 17.8 Å². The molecule has 1 aromatic carbocycles. The van der Waals surface area contributed by atoms with E-state index in [0.717, 1.165) is 61.3 Å². The van der Waals surface area contributed by atoms with Crippen molar-refractivity contribution in [1.82, 2.24) is 24.4 Å². The Hall–Kier alpha value is -2.42. The molecule has 3 aromatic rings. The van der Waals surface area contributed by atoms with Gasteiger partial charge in [-0.15, -0.1) is 0 Å². The summed E-state index contributed by atoms with van der Waals surface area (Å²) in [5, 5.41) is 0.764. The molecule has 0 radical (unpaired) electrons. The summed E-state index contributed by atoms with van der Waals surface area (Å²) in [5.74, 6) is 2.12. The number of benzene rings is 1. The summed E-state index contributed by atoms with van der Waals surface area (Å²) >= 11 is 6.13. The van der Waals surface area contributed by atoms with Gasteiger partial charge in [0.1, 0.15) is 17.0 Å². The van der Waals surface area contributed by atoms with Crippen molar-refractivity contribution in [1.29, 1.82) is 0 Å². The molecular weight excluding hydrogens is 500 g/mol. The van der Waals surface area contributed by atoms with Gasteiger partial charge >= 0.3 is 5.69 Å². The highest BCUT2D eigenvalue weighted by molar-refractivity contribution is 6.30. The van der Waals surface area contributed by atoms with E-state index in [9.17, 15) is 4.79 Å². The number of fused-ring (bicyclic) bond motifs is 1. The molecule has 2 unspecified atom stereocenters. The van der Waals surface area contributed by atoms with E-state index in [-0.39, 0.29) is 11.7 Å². The molecule has 2 fully saturated rings. The molecule has 1 N–H and O–H groups in total. The molecule has 0 amide bonds. The quantitative estimate of drug-likeness (QED) is 0.441. The molecule has 0 aliphatic carbocycles. The van der Waals surface area contributed by atoms with Gasteiger partial charge in [0.05, 0.1) is 0 Å². The average molecular weight is 545 g/mol. The average Bonchev–Trinajstić information content (AvgIpc) is 3.57. The topological polar surface area (TPSA) is 79.3 Å². The van der Waals surface area contributed by atoms with Crippen LogP contribution in [0.2, 0.25) is 5.02 Å². The van der Waals surface area contributed by atoms with Gasteiger partial charge in [-0.25, -0.2) is 9.78 Å². The molecule has 4 heterocycles. The van der Waals surface area contributed by atoms with Crippen LogP contribution >= 0.6 is 11.6 Å². The first-order valence-electron chi connectivity index (χ1n) is 14.0. The molecule has 210 valence electrons.